The van der Waals surface area contributed by atoms with Crippen LogP contribution in [0.15, 0.2) is 0 Å². The normalized spacial score (nSPS) is 10.1. The fourth-order valence-corrected chi connectivity index (χ4v) is 2.33. The average molecular weight is 294 g/mol. The Morgan fingerprint density at radius 3 is 1.19 bits per heavy atom. The zero-order valence-electron chi connectivity index (χ0n) is 11.3. The number of rotatable bonds is 12. The van der Waals surface area contributed by atoms with Crippen LogP contribution >= 0.6 is 15.9 Å². The molecule has 0 bridgehead atoms. The van der Waals surface area contributed by atoms with Gasteiger partial charge in [-0.15, -0.1) is 0 Å². The molecule has 0 radical (unpaired) electrons. The lowest BCUT2D eigenvalue weighted by Gasteiger charge is -2.01. The van der Waals surface area contributed by atoms with Gasteiger partial charge in [0.2, 0.25) is 0 Å². The van der Waals surface area contributed by atoms with Crippen molar-refractivity contribution in [2.24, 2.45) is 0 Å². The van der Waals surface area contributed by atoms with Gasteiger partial charge < -0.3 is 6.15 Å². The van der Waals surface area contributed by atoms with Gasteiger partial charge in [-0.1, -0.05) is 93.5 Å². The molecule has 0 saturated heterocycles. The second-order valence-corrected chi connectivity index (χ2v) is 5.37. The van der Waals surface area contributed by atoms with E-state index in [1.165, 1.54) is 82.4 Å². The molecular weight excluding hydrogens is 262 g/mol. The van der Waals surface area contributed by atoms with Gasteiger partial charge in [-0.2, -0.15) is 0 Å². The standard InChI is InChI=1S/C14H29Br.H3N/c1-2-3-4-5-6-7-8-9-10-11-12-13-14-15;/h2-14H2,1H3;1H3. The smallest absolute Gasteiger partial charge is 0.00313 e. The molecule has 0 aromatic rings. The summed E-state index contributed by atoms with van der Waals surface area (Å²) in [5.41, 5.74) is 0. The van der Waals surface area contributed by atoms with E-state index >= 15 is 0 Å². The highest BCUT2D eigenvalue weighted by Crippen LogP contribution is 2.11. The van der Waals surface area contributed by atoms with Gasteiger partial charge in [-0.05, 0) is 6.42 Å². The van der Waals surface area contributed by atoms with Crippen molar-refractivity contribution in [3.05, 3.63) is 0 Å². The Morgan fingerprint density at radius 1 is 0.562 bits per heavy atom. The van der Waals surface area contributed by atoms with Crippen molar-refractivity contribution >= 4 is 15.9 Å². The van der Waals surface area contributed by atoms with Crippen LogP contribution in [0.3, 0.4) is 0 Å². The van der Waals surface area contributed by atoms with Crippen LogP contribution in [0.25, 0.3) is 0 Å². The zero-order valence-corrected chi connectivity index (χ0v) is 12.9. The molecule has 0 aliphatic heterocycles. The molecule has 0 heterocycles. The molecule has 0 atom stereocenters. The van der Waals surface area contributed by atoms with E-state index in [9.17, 15) is 0 Å². The van der Waals surface area contributed by atoms with Crippen LogP contribution in [-0.4, -0.2) is 5.33 Å². The van der Waals surface area contributed by atoms with Crippen molar-refractivity contribution in [1.29, 1.82) is 0 Å². The van der Waals surface area contributed by atoms with Gasteiger partial charge in [-0.25, -0.2) is 0 Å². The van der Waals surface area contributed by atoms with Crippen LogP contribution in [0.2, 0.25) is 0 Å². The van der Waals surface area contributed by atoms with Gasteiger partial charge in [0, 0.05) is 5.33 Å². The summed E-state index contributed by atoms with van der Waals surface area (Å²) in [6.07, 6.45) is 17.3. The Bertz CT molecular complexity index is 94.9. The summed E-state index contributed by atoms with van der Waals surface area (Å²) in [7, 11) is 0. The first-order valence-corrected chi connectivity index (χ1v) is 8.10. The zero-order chi connectivity index (χ0) is 11.2. The largest absolute Gasteiger partial charge is 0.344 e. The third-order valence-electron chi connectivity index (χ3n) is 2.99. The number of hydrogen-bond acceptors (Lipinski definition) is 1. The fourth-order valence-electron chi connectivity index (χ4n) is 1.94. The second kappa shape index (κ2) is 17.8. The summed E-state index contributed by atoms with van der Waals surface area (Å²) in [6.45, 7) is 2.28. The lowest BCUT2D eigenvalue weighted by atomic mass is 10.1. The van der Waals surface area contributed by atoms with Crippen LogP contribution in [0.5, 0.6) is 0 Å². The summed E-state index contributed by atoms with van der Waals surface area (Å²) in [5.74, 6) is 0. The Balaban J connectivity index is 0. The lowest BCUT2D eigenvalue weighted by Crippen LogP contribution is -1.82. The minimum atomic E-state index is 0. The predicted molar refractivity (Wildman–Crippen MR) is 79.9 cm³/mol. The summed E-state index contributed by atoms with van der Waals surface area (Å²) in [4.78, 5) is 0. The van der Waals surface area contributed by atoms with E-state index in [-0.39, 0.29) is 6.15 Å². The van der Waals surface area contributed by atoms with Gasteiger partial charge in [0.15, 0.2) is 0 Å². The topological polar surface area (TPSA) is 35.0 Å². The SMILES string of the molecule is CCCCCCCCCCCCCCBr.N. The van der Waals surface area contributed by atoms with E-state index in [4.69, 9.17) is 0 Å². The molecule has 0 aliphatic carbocycles. The highest BCUT2D eigenvalue weighted by atomic mass is 79.9. The van der Waals surface area contributed by atoms with Crippen molar-refractivity contribution in [2.45, 2.75) is 84.0 Å². The highest BCUT2D eigenvalue weighted by molar-refractivity contribution is 9.09. The van der Waals surface area contributed by atoms with Crippen molar-refractivity contribution in [3.8, 4) is 0 Å². The average Bonchev–Trinajstić information content (AvgIpc) is 2.26. The number of hydrogen-bond donors (Lipinski definition) is 1. The maximum Gasteiger partial charge on any atom is 0.00313 e. The highest BCUT2D eigenvalue weighted by Gasteiger charge is 1.92. The van der Waals surface area contributed by atoms with Gasteiger partial charge in [0.05, 0.1) is 0 Å². The van der Waals surface area contributed by atoms with E-state index in [0.29, 0.717) is 0 Å². The monoisotopic (exact) mass is 293 g/mol. The Labute approximate surface area is 111 Å². The van der Waals surface area contributed by atoms with Crippen LogP contribution < -0.4 is 6.15 Å². The molecule has 0 saturated carbocycles. The molecule has 3 N–H and O–H groups in total. The molecule has 0 aromatic carbocycles. The first kappa shape index (κ1) is 18.8. The maximum atomic E-state index is 3.47. The fraction of sp³-hybridized carbons (Fsp3) is 1.00. The van der Waals surface area contributed by atoms with Crippen LogP contribution in [0.4, 0.5) is 0 Å². The quantitative estimate of drug-likeness (QED) is 0.335. The van der Waals surface area contributed by atoms with Gasteiger partial charge in [0.25, 0.3) is 0 Å². The number of halogens is 1. The van der Waals surface area contributed by atoms with Gasteiger partial charge >= 0.3 is 0 Å². The summed E-state index contributed by atoms with van der Waals surface area (Å²) in [5, 5.41) is 1.18. The van der Waals surface area contributed by atoms with E-state index in [0.717, 1.165) is 0 Å². The molecule has 0 unspecified atom stereocenters. The molecule has 2 heteroatoms. The molecule has 0 amide bonds. The molecule has 100 valence electrons. The molecular formula is C14H32BrN. The van der Waals surface area contributed by atoms with Crippen molar-refractivity contribution in [1.82, 2.24) is 6.15 Å². The second-order valence-electron chi connectivity index (χ2n) is 4.58. The molecule has 0 spiro atoms. The summed E-state index contributed by atoms with van der Waals surface area (Å²) in [6, 6.07) is 0. The Morgan fingerprint density at radius 2 is 0.875 bits per heavy atom. The first-order chi connectivity index (χ1) is 7.41. The summed E-state index contributed by atoms with van der Waals surface area (Å²) >= 11 is 3.47. The van der Waals surface area contributed by atoms with E-state index in [1.54, 1.807) is 0 Å². The van der Waals surface area contributed by atoms with Crippen molar-refractivity contribution in [3.63, 3.8) is 0 Å². The Kier molecular flexibility index (Phi) is 20.9. The molecule has 0 aromatic heterocycles. The Hall–Kier alpha value is 0.440. The molecule has 16 heavy (non-hydrogen) atoms. The van der Waals surface area contributed by atoms with Crippen molar-refractivity contribution < 1.29 is 0 Å². The third kappa shape index (κ3) is 16.9. The van der Waals surface area contributed by atoms with Crippen molar-refractivity contribution in [2.75, 3.05) is 5.33 Å². The first-order valence-electron chi connectivity index (χ1n) is 6.97. The summed E-state index contributed by atoms with van der Waals surface area (Å²) < 4.78 is 0. The number of unbranched alkanes of at least 4 members (excludes halogenated alkanes) is 11. The molecule has 0 aliphatic rings. The van der Waals surface area contributed by atoms with E-state index in [1.807, 2.05) is 0 Å². The minimum absolute atomic E-state index is 0. The number of alkyl halides is 1. The van der Waals surface area contributed by atoms with Crippen LogP contribution in [-0.2, 0) is 0 Å². The van der Waals surface area contributed by atoms with E-state index < -0.39 is 0 Å². The minimum Gasteiger partial charge on any atom is -0.344 e. The van der Waals surface area contributed by atoms with E-state index in [2.05, 4.69) is 22.9 Å². The van der Waals surface area contributed by atoms with Crippen LogP contribution in [0, 0.1) is 0 Å². The lowest BCUT2D eigenvalue weighted by molar-refractivity contribution is 0.548. The molecule has 0 rings (SSSR count). The third-order valence-corrected chi connectivity index (χ3v) is 3.55. The maximum absolute atomic E-state index is 3.47. The molecule has 1 nitrogen and oxygen atoms in total. The van der Waals surface area contributed by atoms with Gasteiger partial charge in [-0.3, -0.25) is 0 Å². The van der Waals surface area contributed by atoms with Gasteiger partial charge in [0.1, 0.15) is 0 Å². The van der Waals surface area contributed by atoms with Crippen LogP contribution in [0.1, 0.15) is 84.0 Å². The molecule has 0 fully saturated rings. The predicted octanol–water partition coefficient (Wildman–Crippen LogP) is 6.24.